The van der Waals surface area contributed by atoms with Crippen molar-refractivity contribution in [1.29, 1.82) is 0 Å². The fourth-order valence-corrected chi connectivity index (χ4v) is 4.10. The van der Waals surface area contributed by atoms with Crippen LogP contribution in [0.2, 0.25) is 0 Å². The summed E-state index contributed by atoms with van der Waals surface area (Å²) in [6.45, 7) is 2.62. The van der Waals surface area contributed by atoms with Crippen molar-refractivity contribution in [2.75, 3.05) is 0 Å². The molecule has 7 heteroatoms. The van der Waals surface area contributed by atoms with Crippen LogP contribution in [-0.2, 0) is 6.61 Å². The third kappa shape index (κ3) is 5.88. The van der Waals surface area contributed by atoms with Gasteiger partial charge in [-0.15, -0.1) is 0 Å². The Morgan fingerprint density at radius 2 is 2.00 bits per heavy atom. The van der Waals surface area contributed by atoms with Gasteiger partial charge in [-0.1, -0.05) is 29.8 Å². The fourth-order valence-electron chi connectivity index (χ4n) is 1.92. The van der Waals surface area contributed by atoms with Crippen LogP contribution in [0, 0.1) is 14.1 Å². The highest BCUT2D eigenvalue weighted by Gasteiger charge is 2.09. The quantitative estimate of drug-likeness (QED) is 0.256. The summed E-state index contributed by atoms with van der Waals surface area (Å²) < 4.78 is 8.04. The molecule has 0 aliphatic carbocycles. The normalized spacial score (nSPS) is 10.7. The van der Waals surface area contributed by atoms with Gasteiger partial charge < -0.3 is 10.5 Å². The molecule has 0 atom stereocenters. The van der Waals surface area contributed by atoms with Gasteiger partial charge in [-0.05, 0) is 87.6 Å². The van der Waals surface area contributed by atoms with E-state index in [0.29, 0.717) is 6.61 Å². The van der Waals surface area contributed by atoms with Gasteiger partial charge in [0.05, 0.1) is 13.4 Å². The van der Waals surface area contributed by atoms with Crippen molar-refractivity contribution in [3.05, 3.63) is 60.2 Å². The molecule has 0 fully saturated rings. The molecule has 4 nitrogen and oxygen atoms in total. The van der Waals surface area contributed by atoms with Crippen LogP contribution >= 0.6 is 57.4 Å². The van der Waals surface area contributed by atoms with Crippen molar-refractivity contribution < 1.29 is 4.74 Å². The molecular weight excluding hydrogens is 536 g/mol. The highest BCUT2D eigenvalue weighted by Crippen LogP contribution is 2.29. The Labute approximate surface area is 168 Å². The number of nitrogens with one attached hydrogen (secondary N) is 1. The highest BCUT2D eigenvalue weighted by atomic mass is 127. The van der Waals surface area contributed by atoms with E-state index in [9.17, 15) is 0 Å². The van der Waals surface area contributed by atoms with E-state index >= 15 is 0 Å². The zero-order chi connectivity index (χ0) is 16.8. The summed E-state index contributed by atoms with van der Waals surface area (Å²) in [6.07, 6.45) is 1.67. The second-order valence-electron chi connectivity index (χ2n) is 4.83. The van der Waals surface area contributed by atoms with E-state index in [1.165, 1.54) is 5.56 Å². The number of rotatable bonds is 5. The van der Waals surface area contributed by atoms with Crippen molar-refractivity contribution in [2.24, 2.45) is 10.8 Å². The van der Waals surface area contributed by atoms with Gasteiger partial charge in [-0.3, -0.25) is 5.43 Å². The minimum atomic E-state index is 0.142. The first kappa shape index (κ1) is 18.4. The average Bonchev–Trinajstić information content (AvgIpc) is 2.46. The molecule has 0 unspecified atom stereocenters. The molecule has 0 saturated heterocycles. The zero-order valence-electron chi connectivity index (χ0n) is 12.3. The maximum Gasteiger partial charge on any atom is 0.184 e. The summed E-state index contributed by atoms with van der Waals surface area (Å²) in [7, 11) is 0. The van der Waals surface area contributed by atoms with Crippen LogP contribution < -0.4 is 15.9 Å². The van der Waals surface area contributed by atoms with Gasteiger partial charge in [0.15, 0.2) is 5.11 Å². The van der Waals surface area contributed by atoms with Crippen molar-refractivity contribution in [3.63, 3.8) is 0 Å². The van der Waals surface area contributed by atoms with Crippen molar-refractivity contribution in [1.82, 2.24) is 5.43 Å². The van der Waals surface area contributed by atoms with Gasteiger partial charge in [0.2, 0.25) is 0 Å². The number of nitrogens with two attached hydrogens (primary N) is 1. The minimum absolute atomic E-state index is 0.142. The van der Waals surface area contributed by atoms with E-state index in [4.69, 9.17) is 22.7 Å². The summed E-state index contributed by atoms with van der Waals surface area (Å²) >= 11 is 9.23. The number of benzene rings is 2. The summed E-state index contributed by atoms with van der Waals surface area (Å²) in [5.41, 5.74) is 11.2. The van der Waals surface area contributed by atoms with Crippen LogP contribution in [0.25, 0.3) is 0 Å². The molecule has 0 radical (unpaired) electrons. The molecule has 0 amide bonds. The SMILES string of the molecule is Cc1cccc(COc2c(I)cc(/C=N\NC(N)=S)cc2I)c1. The molecule has 0 spiro atoms. The molecule has 0 saturated carbocycles. The molecular formula is C16H15I2N3OS. The van der Waals surface area contributed by atoms with E-state index in [0.717, 1.165) is 24.0 Å². The first-order valence-electron chi connectivity index (χ1n) is 6.71. The molecule has 2 aromatic carbocycles. The molecule has 0 aliphatic heterocycles. The summed E-state index contributed by atoms with van der Waals surface area (Å²) in [6, 6.07) is 12.3. The lowest BCUT2D eigenvalue weighted by Gasteiger charge is -2.12. The second-order valence-corrected chi connectivity index (χ2v) is 7.59. The molecule has 0 bridgehead atoms. The van der Waals surface area contributed by atoms with E-state index in [1.54, 1.807) is 6.21 Å². The standard InChI is InChI=1S/C16H15I2N3OS/c1-10-3-2-4-11(5-10)9-22-15-13(17)6-12(7-14(15)18)8-20-21-16(19)23/h2-8H,9H2,1H3,(H3,19,21,23)/b20-8-. The van der Waals surface area contributed by atoms with Gasteiger partial charge in [0, 0.05) is 0 Å². The summed E-state index contributed by atoms with van der Waals surface area (Å²) in [5, 5.41) is 4.11. The van der Waals surface area contributed by atoms with Crippen LogP contribution in [-0.4, -0.2) is 11.3 Å². The molecule has 0 aromatic heterocycles. The molecule has 2 rings (SSSR count). The summed E-state index contributed by atoms with van der Waals surface area (Å²) in [5.74, 6) is 0.882. The Morgan fingerprint density at radius 3 is 2.61 bits per heavy atom. The fraction of sp³-hybridized carbons (Fsp3) is 0.125. The van der Waals surface area contributed by atoms with Crippen LogP contribution in [0.1, 0.15) is 16.7 Å². The maximum absolute atomic E-state index is 5.99. The Bertz CT molecular complexity index is 727. The Balaban J connectivity index is 2.11. The molecule has 2 aromatic rings. The highest BCUT2D eigenvalue weighted by molar-refractivity contribution is 14.1. The number of nitrogens with zero attached hydrogens (tertiary/aromatic N) is 1. The zero-order valence-corrected chi connectivity index (χ0v) is 17.5. The topological polar surface area (TPSA) is 59.6 Å². The Hall–Kier alpha value is -0.940. The predicted octanol–water partition coefficient (Wildman–Crippen LogP) is 3.95. The first-order chi connectivity index (χ1) is 11.0. The third-order valence-electron chi connectivity index (χ3n) is 2.87. The Morgan fingerprint density at radius 1 is 1.30 bits per heavy atom. The van der Waals surface area contributed by atoms with Crippen LogP contribution in [0.15, 0.2) is 41.5 Å². The summed E-state index contributed by atoms with van der Waals surface area (Å²) in [4.78, 5) is 0. The second kappa shape index (κ2) is 8.78. The monoisotopic (exact) mass is 551 g/mol. The largest absolute Gasteiger partial charge is 0.487 e. The number of hydrogen-bond acceptors (Lipinski definition) is 3. The number of hydrazone groups is 1. The van der Waals surface area contributed by atoms with E-state index < -0.39 is 0 Å². The Kier molecular flexibility index (Phi) is 7.03. The van der Waals surface area contributed by atoms with Gasteiger partial charge >= 0.3 is 0 Å². The molecule has 120 valence electrons. The average molecular weight is 551 g/mol. The number of hydrogen-bond donors (Lipinski definition) is 2. The van der Waals surface area contributed by atoms with E-state index in [1.807, 2.05) is 18.2 Å². The van der Waals surface area contributed by atoms with Crippen LogP contribution in [0.5, 0.6) is 5.75 Å². The van der Waals surface area contributed by atoms with E-state index in [-0.39, 0.29) is 5.11 Å². The molecule has 0 heterocycles. The molecule has 3 N–H and O–H groups in total. The third-order valence-corrected chi connectivity index (χ3v) is 4.57. The molecule has 23 heavy (non-hydrogen) atoms. The van der Waals surface area contributed by atoms with Gasteiger partial charge in [-0.25, -0.2) is 0 Å². The lowest BCUT2D eigenvalue weighted by Crippen LogP contribution is -2.24. The van der Waals surface area contributed by atoms with Gasteiger partial charge in [-0.2, -0.15) is 5.10 Å². The van der Waals surface area contributed by atoms with Crippen LogP contribution in [0.3, 0.4) is 0 Å². The number of ether oxygens (including phenoxy) is 1. The molecule has 0 aliphatic rings. The van der Waals surface area contributed by atoms with Crippen molar-refractivity contribution >= 4 is 68.7 Å². The van der Waals surface area contributed by atoms with E-state index in [2.05, 4.69) is 80.8 Å². The van der Waals surface area contributed by atoms with Crippen molar-refractivity contribution in [3.8, 4) is 5.75 Å². The maximum atomic E-state index is 5.99. The predicted molar refractivity (Wildman–Crippen MR) is 115 cm³/mol. The van der Waals surface area contributed by atoms with Crippen molar-refractivity contribution in [2.45, 2.75) is 13.5 Å². The first-order valence-corrected chi connectivity index (χ1v) is 9.28. The minimum Gasteiger partial charge on any atom is -0.487 e. The number of thiocarbonyl (C=S) groups is 1. The smallest absolute Gasteiger partial charge is 0.184 e. The van der Waals surface area contributed by atoms with Crippen LogP contribution in [0.4, 0.5) is 0 Å². The number of halogens is 2. The lowest BCUT2D eigenvalue weighted by molar-refractivity contribution is 0.301. The van der Waals surface area contributed by atoms with Gasteiger partial charge in [0.1, 0.15) is 12.4 Å². The number of aryl methyl sites for hydroxylation is 1. The van der Waals surface area contributed by atoms with Gasteiger partial charge in [0.25, 0.3) is 0 Å². The lowest BCUT2D eigenvalue weighted by atomic mass is 10.1.